The lowest BCUT2D eigenvalue weighted by Gasteiger charge is -2.42. The van der Waals surface area contributed by atoms with E-state index in [4.69, 9.17) is 14.4 Å². The summed E-state index contributed by atoms with van der Waals surface area (Å²) in [5.74, 6) is 2.59. The molecule has 7 heteroatoms. The molecule has 0 amide bonds. The molecule has 0 fully saturated rings. The molecule has 0 radical (unpaired) electrons. The van der Waals surface area contributed by atoms with Gasteiger partial charge in [0, 0.05) is 6.04 Å². The van der Waals surface area contributed by atoms with Crippen LogP contribution >= 0.6 is 0 Å². The van der Waals surface area contributed by atoms with Crippen LogP contribution in [0, 0.1) is 0 Å². The van der Waals surface area contributed by atoms with Crippen LogP contribution < -0.4 is 10.2 Å². The Bertz CT molecular complexity index is 942. The zero-order valence-corrected chi connectivity index (χ0v) is 14.3. The van der Waals surface area contributed by atoms with Crippen LogP contribution in [0.4, 0.5) is 5.95 Å². The number of para-hydroxylation sites is 2. The Balaban J connectivity index is 1.70. The first-order chi connectivity index (χ1) is 12.2. The second-order valence-corrected chi connectivity index (χ2v) is 6.71. The Labute approximate surface area is 145 Å². The van der Waals surface area contributed by atoms with E-state index in [0.717, 1.165) is 35.4 Å². The first-order valence-electron chi connectivity index (χ1n) is 8.55. The summed E-state index contributed by atoms with van der Waals surface area (Å²) in [6.07, 6.45) is 1.55. The van der Waals surface area contributed by atoms with Gasteiger partial charge in [0.25, 0.3) is 0 Å². The van der Waals surface area contributed by atoms with Crippen LogP contribution in [-0.4, -0.2) is 39.8 Å². The molecule has 1 aromatic carbocycles. The van der Waals surface area contributed by atoms with Gasteiger partial charge in [-0.2, -0.15) is 0 Å². The zero-order valence-electron chi connectivity index (χ0n) is 14.3. The van der Waals surface area contributed by atoms with Gasteiger partial charge in [0.2, 0.25) is 11.9 Å². The maximum Gasteiger partial charge on any atom is 0.216 e. The molecule has 0 aliphatic carbocycles. The average molecular weight is 336 g/mol. The summed E-state index contributed by atoms with van der Waals surface area (Å²) in [5, 5.41) is 3.53. The minimum atomic E-state index is -0.155. The van der Waals surface area contributed by atoms with E-state index in [1.165, 1.54) is 0 Å². The van der Waals surface area contributed by atoms with Crippen molar-refractivity contribution in [1.82, 2.24) is 19.8 Å². The monoisotopic (exact) mass is 336 g/mol. The highest BCUT2D eigenvalue weighted by molar-refractivity contribution is 5.98. The standard InChI is InChI=1S/C18H20N6O/c1-12(2)22-10-19-17-21-16(15-8-5-9-25-15)24-14-7-4-3-6-13(14)20-18(24)23(17)11-22/h3-9,12,16H,10-11H2,1-2H3,(H,19,21)/t16-/m1/s1. The largest absolute Gasteiger partial charge is 0.465 e. The number of anilines is 1. The normalized spacial score (nSPS) is 20.4. The van der Waals surface area contributed by atoms with Crippen molar-refractivity contribution in [2.45, 2.75) is 26.1 Å². The number of nitrogens with one attached hydrogen (secondary N) is 1. The molecule has 0 saturated heterocycles. The fourth-order valence-electron chi connectivity index (χ4n) is 3.45. The molecular weight excluding hydrogens is 316 g/mol. The minimum absolute atomic E-state index is 0.155. The molecule has 0 spiro atoms. The van der Waals surface area contributed by atoms with Gasteiger partial charge in [0.05, 0.1) is 30.6 Å². The van der Waals surface area contributed by atoms with Gasteiger partial charge in [-0.05, 0) is 38.1 Å². The molecule has 25 heavy (non-hydrogen) atoms. The highest BCUT2D eigenvalue weighted by Gasteiger charge is 2.37. The van der Waals surface area contributed by atoms with Crippen molar-refractivity contribution in [3.05, 3.63) is 48.4 Å². The van der Waals surface area contributed by atoms with Crippen LogP contribution in [0.2, 0.25) is 0 Å². The summed E-state index contributed by atoms with van der Waals surface area (Å²) < 4.78 is 7.88. The highest BCUT2D eigenvalue weighted by Crippen LogP contribution is 2.34. The number of furan rings is 1. The lowest BCUT2D eigenvalue weighted by molar-refractivity contribution is 0.220. The number of nitrogens with zero attached hydrogens (tertiary/aromatic N) is 5. The Morgan fingerprint density at radius 2 is 2.08 bits per heavy atom. The quantitative estimate of drug-likeness (QED) is 0.779. The molecule has 1 N–H and O–H groups in total. The Kier molecular flexibility index (Phi) is 3.11. The van der Waals surface area contributed by atoms with Crippen molar-refractivity contribution in [2.75, 3.05) is 18.2 Å². The van der Waals surface area contributed by atoms with Crippen LogP contribution in [-0.2, 0) is 0 Å². The van der Waals surface area contributed by atoms with Crippen molar-refractivity contribution in [1.29, 1.82) is 0 Å². The highest BCUT2D eigenvalue weighted by atomic mass is 16.3. The second-order valence-electron chi connectivity index (χ2n) is 6.71. The van der Waals surface area contributed by atoms with Gasteiger partial charge in [0.15, 0.2) is 6.17 Å². The average Bonchev–Trinajstić information content (AvgIpc) is 3.28. The first-order valence-corrected chi connectivity index (χ1v) is 8.55. The molecule has 2 aliphatic heterocycles. The summed E-state index contributed by atoms with van der Waals surface area (Å²) in [6.45, 7) is 5.82. The number of benzene rings is 1. The predicted octanol–water partition coefficient (Wildman–Crippen LogP) is 2.58. The van der Waals surface area contributed by atoms with E-state index in [1.807, 2.05) is 30.3 Å². The summed E-state index contributed by atoms with van der Waals surface area (Å²) >= 11 is 0. The van der Waals surface area contributed by atoms with Crippen LogP contribution in [0.15, 0.2) is 52.1 Å². The van der Waals surface area contributed by atoms with Crippen LogP contribution in [0.3, 0.4) is 0 Å². The Hall–Kier alpha value is -2.80. The van der Waals surface area contributed by atoms with Crippen LogP contribution in [0.1, 0.15) is 25.8 Å². The maximum atomic E-state index is 5.69. The summed E-state index contributed by atoms with van der Waals surface area (Å²) in [7, 11) is 0. The van der Waals surface area contributed by atoms with E-state index in [0.29, 0.717) is 12.7 Å². The van der Waals surface area contributed by atoms with E-state index >= 15 is 0 Å². The van der Waals surface area contributed by atoms with Crippen LogP contribution in [0.5, 0.6) is 0 Å². The van der Waals surface area contributed by atoms with Gasteiger partial charge in [-0.1, -0.05) is 12.1 Å². The first kappa shape index (κ1) is 14.5. The molecular formula is C18H20N6O. The molecule has 0 bridgehead atoms. The third-order valence-electron chi connectivity index (χ3n) is 4.87. The van der Waals surface area contributed by atoms with Gasteiger partial charge in [-0.3, -0.25) is 14.4 Å². The smallest absolute Gasteiger partial charge is 0.216 e. The van der Waals surface area contributed by atoms with Crippen molar-refractivity contribution in [3.63, 3.8) is 0 Å². The third-order valence-corrected chi connectivity index (χ3v) is 4.87. The summed E-state index contributed by atoms with van der Waals surface area (Å²) in [6, 6.07) is 12.5. The number of hydrogen-bond donors (Lipinski definition) is 1. The molecule has 2 aromatic heterocycles. The molecule has 3 aromatic rings. The Morgan fingerprint density at radius 3 is 2.88 bits per heavy atom. The van der Waals surface area contributed by atoms with Crippen molar-refractivity contribution >= 4 is 22.9 Å². The number of aliphatic imine (C=N–C) groups is 1. The van der Waals surface area contributed by atoms with Gasteiger partial charge < -0.3 is 9.73 Å². The molecule has 2 aliphatic rings. The van der Waals surface area contributed by atoms with E-state index in [9.17, 15) is 0 Å². The molecule has 0 unspecified atom stereocenters. The van der Waals surface area contributed by atoms with Crippen molar-refractivity contribution in [2.24, 2.45) is 4.99 Å². The fraction of sp³-hybridized carbons (Fsp3) is 0.333. The molecule has 0 saturated carbocycles. The van der Waals surface area contributed by atoms with Gasteiger partial charge >= 0.3 is 0 Å². The molecule has 1 atom stereocenters. The number of fused-ring (bicyclic) bond motifs is 5. The van der Waals surface area contributed by atoms with Crippen LogP contribution in [0.25, 0.3) is 11.0 Å². The number of aromatic nitrogens is 2. The molecule has 128 valence electrons. The van der Waals surface area contributed by atoms with Crippen molar-refractivity contribution < 1.29 is 4.42 Å². The molecule has 5 rings (SSSR count). The lowest BCUT2D eigenvalue weighted by Crippen LogP contribution is -2.58. The molecule has 7 nitrogen and oxygen atoms in total. The topological polar surface area (TPSA) is 61.8 Å². The Morgan fingerprint density at radius 1 is 1.20 bits per heavy atom. The van der Waals surface area contributed by atoms with Gasteiger partial charge in [-0.15, -0.1) is 0 Å². The minimum Gasteiger partial charge on any atom is -0.465 e. The zero-order chi connectivity index (χ0) is 17.0. The van der Waals surface area contributed by atoms with Crippen molar-refractivity contribution in [3.8, 4) is 0 Å². The number of imidazole rings is 1. The second kappa shape index (κ2) is 5.35. The van der Waals surface area contributed by atoms with Gasteiger partial charge in [-0.25, -0.2) is 9.98 Å². The number of rotatable bonds is 2. The van der Waals surface area contributed by atoms with E-state index in [2.05, 4.69) is 39.6 Å². The fourth-order valence-corrected chi connectivity index (χ4v) is 3.45. The SMILES string of the molecule is CC(C)N1CN=C2N[C@@H](c3ccco3)n3c(nc4ccccc43)N2C1. The third kappa shape index (κ3) is 2.16. The van der Waals surface area contributed by atoms with E-state index in [1.54, 1.807) is 6.26 Å². The predicted molar refractivity (Wildman–Crippen MR) is 96.3 cm³/mol. The summed E-state index contributed by atoms with van der Waals surface area (Å²) in [4.78, 5) is 14.1. The van der Waals surface area contributed by atoms with E-state index < -0.39 is 0 Å². The van der Waals surface area contributed by atoms with E-state index in [-0.39, 0.29) is 6.17 Å². The lowest BCUT2D eigenvalue weighted by atomic mass is 10.2. The molecule has 4 heterocycles. The number of hydrogen-bond acceptors (Lipinski definition) is 6. The van der Waals surface area contributed by atoms with Gasteiger partial charge in [0.1, 0.15) is 5.76 Å². The number of guanidine groups is 1. The maximum absolute atomic E-state index is 5.69. The summed E-state index contributed by atoms with van der Waals surface area (Å²) in [5.41, 5.74) is 2.05.